The molecule has 0 saturated carbocycles. The highest BCUT2D eigenvalue weighted by atomic mass is 32.2. The highest BCUT2D eigenvalue weighted by Gasteiger charge is 2.33. The highest BCUT2D eigenvalue weighted by Crippen LogP contribution is 2.34. The molecule has 0 unspecified atom stereocenters. The van der Waals surface area contributed by atoms with Gasteiger partial charge in [0, 0.05) is 31.9 Å². The third-order valence-electron chi connectivity index (χ3n) is 5.57. The molecule has 5 nitrogen and oxygen atoms in total. The Hall–Kier alpha value is -2.26. The summed E-state index contributed by atoms with van der Waals surface area (Å²) in [4.78, 5) is 2.05. The minimum atomic E-state index is -4.41. The molecular formula is C21H25F3N2O3S. The number of aryl methyl sites for hydroxylation is 1. The molecular weight excluding hydrogens is 417 g/mol. The molecule has 2 aromatic carbocycles. The van der Waals surface area contributed by atoms with Crippen LogP contribution in [0.4, 0.5) is 18.9 Å². The molecule has 1 heterocycles. The molecule has 30 heavy (non-hydrogen) atoms. The van der Waals surface area contributed by atoms with Crippen LogP contribution in [0.15, 0.2) is 35.2 Å². The number of methoxy groups -OCH3 is 1. The molecule has 0 atom stereocenters. The predicted octanol–water partition coefficient (Wildman–Crippen LogP) is 4.15. The van der Waals surface area contributed by atoms with Crippen LogP contribution >= 0.6 is 0 Å². The standard InChI is InChI=1S/C21H25F3N2O3S/c1-14-12-19(29-4)15(2)16(3)20(14)30(27,28)26-10-8-25(9-11-26)18-7-5-6-17(13-18)21(22,23)24/h5-7,12-13H,8-11H2,1-4H3. The molecule has 3 rings (SSSR count). The Morgan fingerprint density at radius 1 is 0.967 bits per heavy atom. The number of ether oxygens (including phenoxy) is 1. The lowest BCUT2D eigenvalue weighted by atomic mass is 10.1. The summed E-state index contributed by atoms with van der Waals surface area (Å²) in [6.07, 6.45) is -4.41. The minimum absolute atomic E-state index is 0.197. The number of rotatable bonds is 4. The third-order valence-corrected chi connectivity index (χ3v) is 7.76. The van der Waals surface area contributed by atoms with Crippen molar-refractivity contribution in [1.82, 2.24) is 4.31 Å². The minimum Gasteiger partial charge on any atom is -0.496 e. The van der Waals surface area contributed by atoms with Gasteiger partial charge in [0.1, 0.15) is 5.75 Å². The molecule has 0 spiro atoms. The van der Waals surface area contributed by atoms with Gasteiger partial charge in [-0.15, -0.1) is 0 Å². The molecule has 2 aromatic rings. The second-order valence-corrected chi connectivity index (χ2v) is 9.29. The van der Waals surface area contributed by atoms with E-state index in [0.29, 0.717) is 35.7 Å². The molecule has 0 radical (unpaired) electrons. The Bertz CT molecular complexity index is 1040. The van der Waals surface area contributed by atoms with E-state index < -0.39 is 21.8 Å². The largest absolute Gasteiger partial charge is 0.496 e. The summed E-state index contributed by atoms with van der Waals surface area (Å²) >= 11 is 0. The first kappa shape index (κ1) is 22.4. The zero-order valence-corrected chi connectivity index (χ0v) is 18.2. The number of sulfonamides is 1. The maximum Gasteiger partial charge on any atom is 0.416 e. The number of nitrogens with zero attached hydrogens (tertiary/aromatic N) is 2. The van der Waals surface area contributed by atoms with Crippen LogP contribution in [0.5, 0.6) is 5.75 Å². The monoisotopic (exact) mass is 442 g/mol. The van der Waals surface area contributed by atoms with Crippen LogP contribution in [0.1, 0.15) is 22.3 Å². The van der Waals surface area contributed by atoms with Gasteiger partial charge in [0.15, 0.2) is 0 Å². The van der Waals surface area contributed by atoms with Gasteiger partial charge in [0.25, 0.3) is 0 Å². The van der Waals surface area contributed by atoms with Crippen LogP contribution in [0, 0.1) is 20.8 Å². The Labute approximate surface area is 175 Å². The number of alkyl halides is 3. The summed E-state index contributed by atoms with van der Waals surface area (Å²) in [6, 6.07) is 6.83. The van der Waals surface area contributed by atoms with Gasteiger partial charge in [0.05, 0.1) is 17.6 Å². The van der Waals surface area contributed by atoms with Crippen LogP contribution in [0.3, 0.4) is 0 Å². The maximum atomic E-state index is 13.3. The fraction of sp³-hybridized carbons (Fsp3) is 0.429. The van der Waals surface area contributed by atoms with E-state index in [1.54, 1.807) is 38.0 Å². The second-order valence-electron chi connectivity index (χ2n) is 7.41. The fourth-order valence-electron chi connectivity index (χ4n) is 3.82. The van der Waals surface area contributed by atoms with Crippen LogP contribution in [0.25, 0.3) is 0 Å². The quantitative estimate of drug-likeness (QED) is 0.714. The normalized spacial score (nSPS) is 16.0. The van der Waals surface area contributed by atoms with Crippen molar-refractivity contribution in [3.05, 3.63) is 52.6 Å². The second kappa shape index (κ2) is 8.11. The molecule has 1 aliphatic heterocycles. The van der Waals surface area contributed by atoms with Gasteiger partial charge in [-0.3, -0.25) is 0 Å². The number of halogens is 3. The Kier molecular flexibility index (Phi) is 6.06. The van der Waals surface area contributed by atoms with Crippen LogP contribution in [-0.2, 0) is 16.2 Å². The Balaban J connectivity index is 1.82. The van der Waals surface area contributed by atoms with E-state index in [4.69, 9.17) is 4.74 Å². The molecule has 0 amide bonds. The molecule has 164 valence electrons. The molecule has 0 bridgehead atoms. The zero-order chi connectivity index (χ0) is 22.3. The Morgan fingerprint density at radius 3 is 2.17 bits per heavy atom. The van der Waals surface area contributed by atoms with Crippen LogP contribution in [0.2, 0.25) is 0 Å². The summed E-state index contributed by atoms with van der Waals surface area (Å²) in [6.45, 7) is 6.34. The van der Waals surface area contributed by atoms with E-state index in [1.807, 2.05) is 6.92 Å². The average Bonchev–Trinajstić information content (AvgIpc) is 2.70. The first-order chi connectivity index (χ1) is 14.0. The van der Waals surface area contributed by atoms with Crippen molar-refractivity contribution in [3.63, 3.8) is 0 Å². The van der Waals surface area contributed by atoms with Crippen molar-refractivity contribution >= 4 is 15.7 Å². The SMILES string of the molecule is COc1cc(C)c(S(=O)(=O)N2CCN(c3cccc(C(F)(F)F)c3)CC2)c(C)c1C. The first-order valence-corrected chi connectivity index (χ1v) is 11.0. The summed E-state index contributed by atoms with van der Waals surface area (Å²) in [5.41, 5.74) is 1.75. The van der Waals surface area contributed by atoms with Crippen molar-refractivity contribution in [1.29, 1.82) is 0 Å². The van der Waals surface area contributed by atoms with Crippen molar-refractivity contribution < 1.29 is 26.3 Å². The molecule has 9 heteroatoms. The third kappa shape index (κ3) is 4.13. The van der Waals surface area contributed by atoms with Gasteiger partial charge >= 0.3 is 6.18 Å². The van der Waals surface area contributed by atoms with Crippen molar-refractivity contribution in [3.8, 4) is 5.75 Å². The molecule has 0 aromatic heterocycles. The number of benzene rings is 2. The molecule has 1 fully saturated rings. The molecule has 0 aliphatic carbocycles. The van der Waals surface area contributed by atoms with Crippen molar-refractivity contribution in [2.24, 2.45) is 0 Å². The lowest BCUT2D eigenvalue weighted by molar-refractivity contribution is -0.137. The fourth-order valence-corrected chi connectivity index (χ4v) is 5.73. The summed E-state index contributed by atoms with van der Waals surface area (Å²) in [5, 5.41) is 0. The first-order valence-electron chi connectivity index (χ1n) is 9.54. The summed E-state index contributed by atoms with van der Waals surface area (Å²) in [7, 11) is -2.19. The van der Waals surface area contributed by atoms with Gasteiger partial charge in [-0.2, -0.15) is 17.5 Å². The topological polar surface area (TPSA) is 49.9 Å². The number of piperazine rings is 1. The molecule has 1 saturated heterocycles. The van der Waals surface area contributed by atoms with Gasteiger partial charge < -0.3 is 9.64 Å². The number of anilines is 1. The van der Waals surface area contributed by atoms with Crippen molar-refractivity contribution in [2.75, 3.05) is 38.2 Å². The maximum absolute atomic E-state index is 13.3. The van der Waals surface area contributed by atoms with E-state index in [0.717, 1.165) is 17.7 Å². The summed E-state index contributed by atoms with van der Waals surface area (Å²) < 4.78 is 72.3. The average molecular weight is 443 g/mol. The number of hydrogen-bond donors (Lipinski definition) is 0. The van der Waals surface area contributed by atoms with E-state index >= 15 is 0 Å². The van der Waals surface area contributed by atoms with Gasteiger partial charge in [-0.1, -0.05) is 6.07 Å². The van der Waals surface area contributed by atoms with Gasteiger partial charge in [-0.25, -0.2) is 8.42 Å². The van der Waals surface area contributed by atoms with Crippen molar-refractivity contribution in [2.45, 2.75) is 31.8 Å². The van der Waals surface area contributed by atoms with E-state index in [1.165, 1.54) is 10.4 Å². The Morgan fingerprint density at radius 2 is 1.60 bits per heavy atom. The molecule has 1 aliphatic rings. The highest BCUT2D eigenvalue weighted by molar-refractivity contribution is 7.89. The predicted molar refractivity (Wildman–Crippen MR) is 110 cm³/mol. The van der Waals surface area contributed by atoms with E-state index in [9.17, 15) is 21.6 Å². The lowest BCUT2D eigenvalue weighted by Gasteiger charge is -2.36. The molecule has 0 N–H and O–H groups in total. The zero-order valence-electron chi connectivity index (χ0n) is 17.4. The summed E-state index contributed by atoms with van der Waals surface area (Å²) in [5.74, 6) is 0.637. The van der Waals surface area contributed by atoms with E-state index in [2.05, 4.69) is 0 Å². The van der Waals surface area contributed by atoms with Gasteiger partial charge in [0.2, 0.25) is 10.0 Å². The van der Waals surface area contributed by atoms with Crippen LogP contribution in [-0.4, -0.2) is 46.0 Å². The lowest BCUT2D eigenvalue weighted by Crippen LogP contribution is -2.49. The van der Waals surface area contributed by atoms with E-state index in [-0.39, 0.29) is 18.0 Å². The smallest absolute Gasteiger partial charge is 0.416 e. The number of hydrogen-bond acceptors (Lipinski definition) is 4. The van der Waals surface area contributed by atoms with Gasteiger partial charge in [-0.05, 0) is 61.7 Å². The van der Waals surface area contributed by atoms with Crippen LogP contribution < -0.4 is 9.64 Å².